The van der Waals surface area contributed by atoms with Crippen LogP contribution < -0.4 is 4.74 Å². The van der Waals surface area contributed by atoms with Crippen LogP contribution in [0.2, 0.25) is 0 Å². The van der Waals surface area contributed by atoms with Crippen molar-refractivity contribution in [2.24, 2.45) is 5.92 Å². The lowest BCUT2D eigenvalue weighted by Crippen LogP contribution is -2.47. The van der Waals surface area contributed by atoms with Gasteiger partial charge in [0, 0.05) is 38.3 Å². The van der Waals surface area contributed by atoms with Gasteiger partial charge in [0.2, 0.25) is 0 Å². The minimum Gasteiger partial charge on any atom is -0.465 e. The van der Waals surface area contributed by atoms with Crippen LogP contribution in [0.5, 0.6) is 5.88 Å². The maximum absolute atomic E-state index is 12.3. The van der Waals surface area contributed by atoms with Gasteiger partial charge in [0.1, 0.15) is 5.76 Å². The summed E-state index contributed by atoms with van der Waals surface area (Å²) in [5.41, 5.74) is 0. The van der Waals surface area contributed by atoms with Crippen LogP contribution in [0.4, 0.5) is 0 Å². The molecule has 0 saturated carbocycles. The van der Waals surface area contributed by atoms with Crippen molar-refractivity contribution in [2.75, 3.05) is 46.0 Å². The van der Waals surface area contributed by atoms with Crippen molar-refractivity contribution in [2.45, 2.75) is 19.9 Å². The molecular weight excluding hydrogens is 286 g/mol. The average molecular weight is 309 g/mol. The fourth-order valence-corrected chi connectivity index (χ4v) is 3.18. The van der Waals surface area contributed by atoms with E-state index in [0.717, 1.165) is 39.4 Å². The van der Waals surface area contributed by atoms with Crippen LogP contribution in [-0.4, -0.2) is 72.9 Å². The van der Waals surface area contributed by atoms with Gasteiger partial charge in [-0.15, -0.1) is 0 Å². The van der Waals surface area contributed by atoms with Crippen LogP contribution >= 0.6 is 0 Å². The maximum atomic E-state index is 12.3. The van der Waals surface area contributed by atoms with E-state index >= 15 is 0 Å². The summed E-state index contributed by atoms with van der Waals surface area (Å²) in [4.78, 5) is 16.6. The van der Waals surface area contributed by atoms with E-state index in [1.165, 1.54) is 0 Å². The van der Waals surface area contributed by atoms with Gasteiger partial charge in [-0.1, -0.05) is 6.92 Å². The summed E-state index contributed by atoms with van der Waals surface area (Å²) in [6.45, 7) is 9.01. The Morgan fingerprint density at radius 2 is 2.18 bits per heavy atom. The van der Waals surface area contributed by atoms with Crippen molar-refractivity contribution < 1.29 is 18.8 Å². The van der Waals surface area contributed by atoms with Crippen molar-refractivity contribution in [3.05, 3.63) is 11.8 Å². The molecule has 2 aliphatic heterocycles. The number of ether oxygens (including phenoxy) is 2. The number of amides is 1. The third-order valence-corrected chi connectivity index (χ3v) is 4.39. The molecule has 0 unspecified atom stereocenters. The molecule has 2 saturated heterocycles. The fraction of sp³-hybridized carbons (Fsp3) is 0.733. The van der Waals surface area contributed by atoms with Gasteiger partial charge in [-0.05, 0) is 18.0 Å². The van der Waals surface area contributed by atoms with Gasteiger partial charge in [0.05, 0.1) is 13.2 Å². The van der Waals surface area contributed by atoms with Crippen molar-refractivity contribution >= 4 is 5.91 Å². The Bertz CT molecular complexity index is 513. The molecular formula is C15H23N3O4. The summed E-state index contributed by atoms with van der Waals surface area (Å²) in [6, 6.07) is 2.10. The fourth-order valence-electron chi connectivity index (χ4n) is 3.18. The molecule has 2 atom stereocenters. The van der Waals surface area contributed by atoms with Crippen LogP contribution in [0.1, 0.15) is 12.7 Å². The Labute approximate surface area is 130 Å². The van der Waals surface area contributed by atoms with E-state index in [1.54, 1.807) is 13.0 Å². The summed E-state index contributed by atoms with van der Waals surface area (Å²) in [6.07, 6.45) is 0. The molecule has 2 aliphatic rings. The number of rotatable bonds is 4. The molecule has 22 heavy (non-hydrogen) atoms. The first-order valence-electron chi connectivity index (χ1n) is 7.79. The molecule has 0 spiro atoms. The Morgan fingerprint density at radius 1 is 1.41 bits per heavy atom. The smallest absolute Gasteiger partial charge is 0.260 e. The van der Waals surface area contributed by atoms with Gasteiger partial charge in [0.25, 0.3) is 11.8 Å². The predicted molar refractivity (Wildman–Crippen MR) is 78.7 cm³/mol. The number of aromatic nitrogens is 1. The summed E-state index contributed by atoms with van der Waals surface area (Å²) in [5.74, 6) is 1.51. The average Bonchev–Trinajstić information content (AvgIpc) is 3.12. The largest absolute Gasteiger partial charge is 0.465 e. The van der Waals surface area contributed by atoms with Gasteiger partial charge in [0.15, 0.2) is 6.61 Å². The second kappa shape index (κ2) is 6.66. The molecule has 0 radical (unpaired) electrons. The Hall–Kier alpha value is -1.60. The van der Waals surface area contributed by atoms with Gasteiger partial charge in [-0.3, -0.25) is 9.69 Å². The lowest BCUT2D eigenvalue weighted by molar-refractivity contribution is -0.132. The van der Waals surface area contributed by atoms with E-state index < -0.39 is 0 Å². The molecule has 0 N–H and O–H groups in total. The minimum absolute atomic E-state index is 0.00302. The highest BCUT2D eigenvalue weighted by molar-refractivity contribution is 5.78. The molecule has 7 nitrogen and oxygen atoms in total. The number of likely N-dealkylation sites (tertiary alicyclic amines) is 1. The molecule has 1 aromatic rings. The number of carbonyl (C=O) groups is 1. The lowest BCUT2D eigenvalue weighted by atomic mass is 10.0. The van der Waals surface area contributed by atoms with E-state index in [-0.39, 0.29) is 12.5 Å². The van der Waals surface area contributed by atoms with E-state index in [4.69, 9.17) is 14.0 Å². The second-order valence-electron chi connectivity index (χ2n) is 6.06. The Kier molecular flexibility index (Phi) is 4.63. The lowest BCUT2D eigenvalue weighted by Gasteiger charge is -2.33. The van der Waals surface area contributed by atoms with E-state index in [0.29, 0.717) is 23.6 Å². The highest BCUT2D eigenvalue weighted by atomic mass is 16.5. The molecule has 122 valence electrons. The third-order valence-electron chi connectivity index (χ3n) is 4.39. The van der Waals surface area contributed by atoms with E-state index in [2.05, 4.69) is 17.0 Å². The second-order valence-corrected chi connectivity index (χ2v) is 6.06. The van der Waals surface area contributed by atoms with Gasteiger partial charge >= 0.3 is 0 Å². The number of carbonyl (C=O) groups excluding carboxylic acids is 1. The quantitative estimate of drug-likeness (QED) is 0.809. The van der Waals surface area contributed by atoms with E-state index in [1.807, 2.05) is 4.90 Å². The first kappa shape index (κ1) is 15.3. The highest BCUT2D eigenvalue weighted by Crippen LogP contribution is 2.23. The summed E-state index contributed by atoms with van der Waals surface area (Å²) in [7, 11) is 0. The van der Waals surface area contributed by atoms with Crippen molar-refractivity contribution in [1.82, 2.24) is 15.0 Å². The maximum Gasteiger partial charge on any atom is 0.260 e. The topological polar surface area (TPSA) is 68.0 Å². The van der Waals surface area contributed by atoms with Crippen LogP contribution in [-0.2, 0) is 9.53 Å². The number of morpholine rings is 1. The van der Waals surface area contributed by atoms with Crippen molar-refractivity contribution in [1.29, 1.82) is 0 Å². The monoisotopic (exact) mass is 309 g/mol. The zero-order valence-corrected chi connectivity index (χ0v) is 13.2. The number of nitrogens with zero attached hydrogens (tertiary/aromatic N) is 3. The van der Waals surface area contributed by atoms with Gasteiger partial charge < -0.3 is 18.9 Å². The van der Waals surface area contributed by atoms with Gasteiger partial charge in [-0.25, -0.2) is 0 Å². The Morgan fingerprint density at radius 3 is 2.86 bits per heavy atom. The third kappa shape index (κ3) is 3.41. The summed E-state index contributed by atoms with van der Waals surface area (Å²) >= 11 is 0. The molecule has 3 heterocycles. The van der Waals surface area contributed by atoms with Crippen molar-refractivity contribution in [3.63, 3.8) is 0 Å². The molecule has 0 aromatic carbocycles. The molecule has 0 aliphatic carbocycles. The highest BCUT2D eigenvalue weighted by Gasteiger charge is 2.36. The van der Waals surface area contributed by atoms with Crippen LogP contribution in [0.15, 0.2) is 10.6 Å². The molecule has 1 aromatic heterocycles. The summed E-state index contributed by atoms with van der Waals surface area (Å²) in [5, 5.41) is 3.73. The Balaban J connectivity index is 1.51. The van der Waals surface area contributed by atoms with Crippen molar-refractivity contribution in [3.8, 4) is 5.88 Å². The zero-order valence-electron chi connectivity index (χ0n) is 13.2. The zero-order chi connectivity index (χ0) is 15.5. The summed E-state index contributed by atoms with van der Waals surface area (Å²) < 4.78 is 15.7. The normalized spacial score (nSPS) is 26.4. The molecule has 0 bridgehead atoms. The molecule has 1 amide bonds. The van der Waals surface area contributed by atoms with E-state index in [9.17, 15) is 4.79 Å². The molecule has 7 heteroatoms. The number of hydrogen-bond donors (Lipinski definition) is 0. The molecule has 3 rings (SSSR count). The first-order valence-corrected chi connectivity index (χ1v) is 7.79. The molecule has 2 fully saturated rings. The van der Waals surface area contributed by atoms with Crippen LogP contribution in [0, 0.1) is 12.8 Å². The number of hydrogen-bond acceptors (Lipinski definition) is 6. The van der Waals surface area contributed by atoms with Gasteiger partial charge in [-0.2, -0.15) is 0 Å². The standard InChI is InChI=1S/C15H23N3O4/c1-11-8-18(9-13(11)17-3-5-20-6-4-17)15(19)10-21-14-7-12(2)22-16-14/h7,11,13H,3-6,8-10H2,1-2H3/t11-,13-/m1/s1. The first-order chi connectivity index (χ1) is 10.6. The minimum atomic E-state index is 0.00302. The predicted octanol–water partition coefficient (Wildman–Crippen LogP) is 0.541. The number of aryl methyl sites for hydroxylation is 1. The van der Waals surface area contributed by atoms with Crippen LogP contribution in [0.25, 0.3) is 0 Å². The van der Waals surface area contributed by atoms with Crippen LogP contribution in [0.3, 0.4) is 0 Å². The SMILES string of the molecule is Cc1cc(OCC(=O)N2C[C@@H](C)[C@H](N3CCOCC3)C2)no1.